The van der Waals surface area contributed by atoms with Gasteiger partial charge in [-0.1, -0.05) is 75.7 Å². The minimum Gasteiger partial charge on any atom is -0.291 e. The summed E-state index contributed by atoms with van der Waals surface area (Å²) in [7, 11) is -4.50. The highest BCUT2D eigenvalue weighted by molar-refractivity contribution is 7.83. The van der Waals surface area contributed by atoms with Crippen LogP contribution in [0.3, 0.4) is 0 Å². The molecule has 1 aliphatic rings. The molecule has 2 aromatic rings. The summed E-state index contributed by atoms with van der Waals surface area (Å²) in [4.78, 5) is 3.05. The molecule has 0 spiro atoms. The van der Waals surface area contributed by atoms with Crippen molar-refractivity contribution in [2.45, 2.75) is 57.9 Å². The molecular formula is C25H39N4O2PS. The van der Waals surface area contributed by atoms with Crippen molar-refractivity contribution in [1.29, 1.82) is 0 Å². The van der Waals surface area contributed by atoms with Gasteiger partial charge < -0.3 is 0 Å². The number of hydrogen-bond acceptors (Lipinski definition) is 3. The van der Waals surface area contributed by atoms with Crippen LogP contribution in [-0.4, -0.2) is 63.0 Å². The normalized spacial score (nSPS) is 20.2. The molecule has 0 radical (unpaired) electrons. The van der Waals surface area contributed by atoms with Gasteiger partial charge in [-0.3, -0.25) is 9.46 Å². The lowest BCUT2D eigenvalue weighted by atomic mass is 10.2. The maximum atomic E-state index is 15.0. The first-order valence-electron chi connectivity index (χ1n) is 12.0. The van der Waals surface area contributed by atoms with Gasteiger partial charge in [-0.15, -0.1) is 0 Å². The lowest BCUT2D eigenvalue weighted by Gasteiger charge is -2.42. The Labute approximate surface area is 202 Å². The Kier molecular flexibility index (Phi) is 9.45. The molecule has 4 atom stereocenters. The van der Waals surface area contributed by atoms with Gasteiger partial charge in [0.25, 0.3) is 0 Å². The second kappa shape index (κ2) is 11.9. The summed E-state index contributed by atoms with van der Waals surface area (Å²) in [6.45, 7) is 14.6. The number of hydrogen-bond donors (Lipinski definition) is 1. The van der Waals surface area contributed by atoms with Crippen LogP contribution in [0.1, 0.15) is 38.8 Å². The predicted molar refractivity (Wildman–Crippen MR) is 139 cm³/mol. The fourth-order valence-electron chi connectivity index (χ4n) is 4.49. The molecule has 0 bridgehead atoms. The zero-order valence-corrected chi connectivity index (χ0v) is 22.3. The van der Waals surface area contributed by atoms with Gasteiger partial charge in [0, 0.05) is 45.3 Å². The van der Waals surface area contributed by atoms with Crippen molar-refractivity contribution in [3.63, 3.8) is 0 Å². The SMILES string of the molecule is CCN(CC)P(=O)([C@H](N[S@@](=O)c1ccc(C)cc1)[C@H]1CN1Cc1ccccc1)N(CC)CC. The lowest BCUT2D eigenvalue weighted by Crippen LogP contribution is -2.47. The molecule has 1 N–H and O–H groups in total. The Balaban J connectivity index is 1.95. The zero-order valence-electron chi connectivity index (χ0n) is 20.6. The Bertz CT molecular complexity index is 933. The fourth-order valence-corrected chi connectivity index (χ4v) is 9.64. The summed E-state index contributed by atoms with van der Waals surface area (Å²) >= 11 is 0. The topological polar surface area (TPSA) is 55.7 Å². The molecule has 8 heteroatoms. The minimum absolute atomic E-state index is 0.0617. The maximum absolute atomic E-state index is 15.0. The van der Waals surface area contributed by atoms with Crippen LogP contribution >= 0.6 is 7.44 Å². The second-order valence-corrected chi connectivity index (χ2v) is 12.6. The fraction of sp³-hybridized carbons (Fsp3) is 0.520. The van der Waals surface area contributed by atoms with Gasteiger partial charge in [0.05, 0.1) is 4.90 Å². The molecular weight excluding hydrogens is 451 g/mol. The molecule has 1 fully saturated rings. The summed E-state index contributed by atoms with van der Waals surface area (Å²) in [5, 5.41) is 0. The van der Waals surface area contributed by atoms with Crippen LogP contribution in [0.2, 0.25) is 0 Å². The molecule has 0 aromatic heterocycles. The van der Waals surface area contributed by atoms with Gasteiger partial charge in [-0.25, -0.2) is 18.3 Å². The van der Waals surface area contributed by atoms with E-state index in [0.717, 1.165) is 18.7 Å². The minimum atomic E-state index is -3.05. The quantitative estimate of drug-likeness (QED) is 0.326. The molecule has 182 valence electrons. The van der Waals surface area contributed by atoms with Gasteiger partial charge in [0.15, 0.2) is 0 Å². The summed E-state index contributed by atoms with van der Waals surface area (Å²) < 4.78 is 35.9. The van der Waals surface area contributed by atoms with Crippen LogP contribution in [0, 0.1) is 6.92 Å². The van der Waals surface area contributed by atoms with E-state index in [-0.39, 0.29) is 6.04 Å². The molecule has 2 aromatic carbocycles. The molecule has 0 amide bonds. The molecule has 0 saturated carbocycles. The highest BCUT2D eigenvalue weighted by Gasteiger charge is 2.53. The Morgan fingerprint density at radius 3 is 2.03 bits per heavy atom. The van der Waals surface area contributed by atoms with Crippen LogP contribution in [0.5, 0.6) is 0 Å². The summed E-state index contributed by atoms with van der Waals surface area (Å²) in [6, 6.07) is 18.1. The van der Waals surface area contributed by atoms with Crippen molar-refractivity contribution >= 4 is 18.4 Å². The maximum Gasteiger partial charge on any atom is 0.235 e. The van der Waals surface area contributed by atoms with E-state index in [0.29, 0.717) is 31.1 Å². The molecule has 1 unspecified atom stereocenters. The van der Waals surface area contributed by atoms with E-state index in [1.54, 1.807) is 0 Å². The third-order valence-electron chi connectivity index (χ3n) is 6.45. The summed E-state index contributed by atoms with van der Waals surface area (Å²) in [5.74, 6) is -0.414. The van der Waals surface area contributed by atoms with Crippen LogP contribution in [0.25, 0.3) is 0 Å². The molecule has 1 saturated heterocycles. The first-order valence-corrected chi connectivity index (χ1v) is 14.8. The van der Waals surface area contributed by atoms with Gasteiger partial charge in [0.2, 0.25) is 7.44 Å². The highest BCUT2D eigenvalue weighted by atomic mass is 32.2. The van der Waals surface area contributed by atoms with E-state index in [1.165, 1.54) is 5.56 Å². The zero-order chi connectivity index (χ0) is 24.0. The molecule has 3 rings (SSSR count). The van der Waals surface area contributed by atoms with Crippen molar-refractivity contribution in [3.05, 3.63) is 65.7 Å². The van der Waals surface area contributed by atoms with Gasteiger partial charge >= 0.3 is 0 Å². The number of nitrogens with one attached hydrogen (secondary N) is 1. The average Bonchev–Trinajstić information content (AvgIpc) is 3.58. The first-order chi connectivity index (χ1) is 15.9. The van der Waals surface area contributed by atoms with Crippen LogP contribution in [0.15, 0.2) is 59.5 Å². The third-order valence-corrected chi connectivity index (χ3v) is 11.7. The monoisotopic (exact) mass is 490 g/mol. The number of rotatable bonds is 13. The smallest absolute Gasteiger partial charge is 0.235 e. The van der Waals surface area contributed by atoms with Crippen molar-refractivity contribution in [2.24, 2.45) is 0 Å². The number of benzene rings is 2. The summed E-state index contributed by atoms with van der Waals surface area (Å²) in [6.07, 6.45) is 0. The van der Waals surface area contributed by atoms with Gasteiger partial charge in [-0.05, 0) is 24.6 Å². The standard InChI is InChI=1S/C25H39N4O2PS/c1-6-28(7-2)32(30,29(8-3)9-4)25(26-33(31)23-17-15-21(5)16-18-23)24-20-27(24)19-22-13-11-10-12-14-22/h10-18,24-26H,6-9,19-20H2,1-5H3/t24-,25+,27?,33+/m1/s1. The van der Waals surface area contributed by atoms with E-state index >= 15 is 0 Å². The number of nitrogens with zero attached hydrogens (tertiary/aromatic N) is 3. The molecule has 33 heavy (non-hydrogen) atoms. The van der Waals surface area contributed by atoms with E-state index in [9.17, 15) is 8.77 Å². The molecule has 1 heterocycles. The highest BCUT2D eigenvalue weighted by Crippen LogP contribution is 2.59. The van der Waals surface area contributed by atoms with Gasteiger partial charge in [-0.2, -0.15) is 0 Å². The lowest BCUT2D eigenvalue weighted by molar-refractivity contribution is 0.339. The molecule has 0 aliphatic carbocycles. The third kappa shape index (κ3) is 6.02. The van der Waals surface area contributed by atoms with Crippen molar-refractivity contribution in [2.75, 3.05) is 32.7 Å². The van der Waals surface area contributed by atoms with Crippen molar-refractivity contribution in [3.8, 4) is 0 Å². The Hall–Kier alpha value is -1.34. The average molecular weight is 491 g/mol. The molecule has 6 nitrogen and oxygen atoms in total. The van der Waals surface area contributed by atoms with Crippen molar-refractivity contribution in [1.82, 2.24) is 19.0 Å². The van der Waals surface area contributed by atoms with Crippen LogP contribution < -0.4 is 4.72 Å². The van der Waals surface area contributed by atoms with E-state index in [2.05, 4.69) is 58.8 Å². The first kappa shape index (κ1) is 26.3. The second-order valence-electron chi connectivity index (χ2n) is 8.49. The molecule has 1 aliphatic heterocycles. The van der Waals surface area contributed by atoms with E-state index < -0.39 is 24.2 Å². The van der Waals surface area contributed by atoms with E-state index in [1.807, 2.05) is 49.4 Å². The largest absolute Gasteiger partial charge is 0.291 e. The van der Waals surface area contributed by atoms with Crippen molar-refractivity contribution < 1.29 is 8.77 Å². The summed E-state index contributed by atoms with van der Waals surface area (Å²) in [5.41, 5.74) is 2.36. The Morgan fingerprint density at radius 2 is 1.52 bits per heavy atom. The predicted octanol–water partition coefficient (Wildman–Crippen LogP) is 4.69. The van der Waals surface area contributed by atoms with Gasteiger partial charge in [0.1, 0.15) is 16.8 Å². The van der Waals surface area contributed by atoms with Crippen LogP contribution in [0.4, 0.5) is 0 Å². The Morgan fingerprint density at radius 1 is 0.970 bits per heavy atom. The van der Waals surface area contributed by atoms with Crippen LogP contribution in [-0.2, 0) is 22.1 Å². The number of aryl methyl sites for hydroxylation is 1. The van der Waals surface area contributed by atoms with E-state index in [4.69, 9.17) is 0 Å².